The largest absolute Gasteiger partial charge is 0.444 e. The molecular formula is C29H47N3O5. The van der Waals surface area contributed by atoms with Gasteiger partial charge < -0.3 is 25.4 Å². The van der Waals surface area contributed by atoms with Crippen molar-refractivity contribution in [3.8, 4) is 0 Å². The van der Waals surface area contributed by atoms with E-state index in [-0.39, 0.29) is 11.9 Å². The SMILES string of the molecule is C=Cc1cccc(C(C(=O)NC(C)C)N(CCCCCCCC)C(=O)C(CO)NC(=O)OC(C)(C)C)c1. The first-order valence-corrected chi connectivity index (χ1v) is 13.4. The molecule has 0 saturated heterocycles. The van der Waals surface area contributed by atoms with Gasteiger partial charge in [-0.3, -0.25) is 9.59 Å². The molecule has 1 aromatic carbocycles. The second-order valence-corrected chi connectivity index (χ2v) is 10.6. The fourth-order valence-electron chi connectivity index (χ4n) is 3.96. The number of ether oxygens (including phenoxy) is 1. The Kier molecular flexibility index (Phi) is 14.0. The highest BCUT2D eigenvalue weighted by Gasteiger charge is 2.36. The molecule has 0 aliphatic rings. The minimum Gasteiger partial charge on any atom is -0.444 e. The Morgan fingerprint density at radius 1 is 1.08 bits per heavy atom. The molecule has 0 bridgehead atoms. The maximum absolute atomic E-state index is 13.8. The quantitative estimate of drug-likeness (QED) is 0.285. The number of carbonyl (C=O) groups excluding carboxylic acids is 3. The molecule has 2 atom stereocenters. The van der Waals surface area contributed by atoms with Crippen LogP contribution in [0, 0.1) is 0 Å². The van der Waals surface area contributed by atoms with Crippen LogP contribution in [0.25, 0.3) is 6.08 Å². The standard InChI is InChI=1S/C29H47N3O5/c1-8-10-11-12-13-14-18-32(27(35)24(20-33)31-28(36)37-29(5,6)7)25(26(34)30-21(3)4)23-17-15-16-22(9-2)19-23/h9,15-17,19,21,24-25,33H,2,8,10-14,18,20H2,1,3-7H3,(H,30,34)(H,31,36). The predicted molar refractivity (Wildman–Crippen MR) is 148 cm³/mol. The van der Waals surface area contributed by atoms with Gasteiger partial charge in [0, 0.05) is 12.6 Å². The Balaban J connectivity index is 3.36. The number of hydrogen-bond donors (Lipinski definition) is 3. The first-order valence-electron chi connectivity index (χ1n) is 13.4. The highest BCUT2D eigenvalue weighted by atomic mass is 16.6. The van der Waals surface area contributed by atoms with Crippen molar-refractivity contribution in [1.82, 2.24) is 15.5 Å². The van der Waals surface area contributed by atoms with Gasteiger partial charge in [-0.1, -0.05) is 69.9 Å². The van der Waals surface area contributed by atoms with Gasteiger partial charge in [-0.05, 0) is 58.2 Å². The summed E-state index contributed by atoms with van der Waals surface area (Å²) in [5.74, 6) is -0.876. The number of unbranched alkanes of at least 4 members (excludes halogenated alkanes) is 5. The maximum atomic E-state index is 13.8. The molecule has 0 fully saturated rings. The third-order valence-electron chi connectivity index (χ3n) is 5.66. The molecule has 1 rings (SSSR count). The molecule has 0 spiro atoms. The van der Waals surface area contributed by atoms with Gasteiger partial charge in [0.15, 0.2) is 0 Å². The van der Waals surface area contributed by atoms with Gasteiger partial charge in [0.05, 0.1) is 6.61 Å². The number of benzene rings is 1. The van der Waals surface area contributed by atoms with E-state index >= 15 is 0 Å². The summed E-state index contributed by atoms with van der Waals surface area (Å²) in [7, 11) is 0. The summed E-state index contributed by atoms with van der Waals surface area (Å²) in [4.78, 5) is 41.2. The summed E-state index contributed by atoms with van der Waals surface area (Å²) >= 11 is 0. The van der Waals surface area contributed by atoms with Crippen molar-refractivity contribution >= 4 is 24.0 Å². The molecule has 0 saturated carbocycles. The van der Waals surface area contributed by atoms with Crippen molar-refractivity contribution in [3.05, 3.63) is 42.0 Å². The van der Waals surface area contributed by atoms with Gasteiger partial charge in [-0.15, -0.1) is 0 Å². The Bertz CT molecular complexity index is 879. The number of alkyl carbamates (subject to hydrolysis) is 1. The smallest absolute Gasteiger partial charge is 0.408 e. The average Bonchev–Trinajstić information content (AvgIpc) is 2.81. The van der Waals surface area contributed by atoms with Gasteiger partial charge in [-0.2, -0.15) is 0 Å². The van der Waals surface area contributed by atoms with Crippen LogP contribution in [0.2, 0.25) is 0 Å². The number of nitrogens with zero attached hydrogens (tertiary/aromatic N) is 1. The minimum absolute atomic E-state index is 0.142. The molecular weight excluding hydrogens is 470 g/mol. The van der Waals surface area contributed by atoms with E-state index in [1.165, 1.54) is 4.90 Å². The van der Waals surface area contributed by atoms with Crippen LogP contribution in [0.1, 0.15) is 97.2 Å². The van der Waals surface area contributed by atoms with Crippen LogP contribution in [0.3, 0.4) is 0 Å². The molecule has 0 heterocycles. The van der Waals surface area contributed by atoms with Crippen LogP contribution in [-0.4, -0.2) is 58.8 Å². The van der Waals surface area contributed by atoms with Gasteiger partial charge >= 0.3 is 6.09 Å². The average molecular weight is 518 g/mol. The monoisotopic (exact) mass is 517 g/mol. The lowest BCUT2D eigenvalue weighted by Crippen LogP contribution is -2.55. The molecule has 1 aromatic rings. The molecule has 0 radical (unpaired) electrons. The van der Waals surface area contributed by atoms with E-state index in [2.05, 4.69) is 24.1 Å². The van der Waals surface area contributed by atoms with E-state index in [1.54, 1.807) is 32.9 Å². The van der Waals surface area contributed by atoms with E-state index in [0.29, 0.717) is 18.5 Å². The predicted octanol–water partition coefficient (Wildman–Crippen LogP) is 4.97. The molecule has 208 valence electrons. The molecule has 37 heavy (non-hydrogen) atoms. The molecule has 0 aliphatic carbocycles. The van der Waals surface area contributed by atoms with Crippen molar-refractivity contribution in [3.63, 3.8) is 0 Å². The topological polar surface area (TPSA) is 108 Å². The van der Waals surface area contributed by atoms with Crippen molar-refractivity contribution < 1.29 is 24.2 Å². The Morgan fingerprint density at radius 2 is 1.73 bits per heavy atom. The molecule has 0 aromatic heterocycles. The van der Waals surface area contributed by atoms with Crippen molar-refractivity contribution in [2.24, 2.45) is 0 Å². The maximum Gasteiger partial charge on any atom is 0.408 e. The summed E-state index contributed by atoms with van der Waals surface area (Å²) < 4.78 is 5.29. The van der Waals surface area contributed by atoms with E-state index in [0.717, 1.165) is 37.7 Å². The fraction of sp³-hybridized carbons (Fsp3) is 0.621. The summed E-state index contributed by atoms with van der Waals surface area (Å²) in [5, 5.41) is 15.5. The summed E-state index contributed by atoms with van der Waals surface area (Å²) in [6, 6.07) is 4.97. The van der Waals surface area contributed by atoms with Crippen molar-refractivity contribution in [2.45, 2.75) is 104 Å². The zero-order chi connectivity index (χ0) is 28.0. The van der Waals surface area contributed by atoms with E-state index in [4.69, 9.17) is 4.74 Å². The molecule has 8 nitrogen and oxygen atoms in total. The number of carbonyl (C=O) groups is 3. The Morgan fingerprint density at radius 3 is 2.30 bits per heavy atom. The molecule has 0 aliphatic heterocycles. The number of nitrogens with one attached hydrogen (secondary N) is 2. The van der Waals surface area contributed by atoms with E-state index in [9.17, 15) is 19.5 Å². The second kappa shape index (κ2) is 16.1. The van der Waals surface area contributed by atoms with E-state index in [1.807, 2.05) is 32.0 Å². The third-order valence-corrected chi connectivity index (χ3v) is 5.66. The number of rotatable bonds is 15. The highest BCUT2D eigenvalue weighted by Crippen LogP contribution is 2.25. The van der Waals surface area contributed by atoms with Gasteiger partial charge in [0.1, 0.15) is 17.7 Å². The Labute approximate surface area is 222 Å². The fourth-order valence-corrected chi connectivity index (χ4v) is 3.96. The van der Waals surface area contributed by atoms with Gasteiger partial charge in [0.2, 0.25) is 11.8 Å². The third kappa shape index (κ3) is 11.8. The summed E-state index contributed by atoms with van der Waals surface area (Å²) in [6.45, 7) is 14.5. The molecule has 3 N–H and O–H groups in total. The van der Waals surface area contributed by atoms with Crippen LogP contribution in [0.15, 0.2) is 30.8 Å². The lowest BCUT2D eigenvalue weighted by molar-refractivity contribution is -0.143. The molecule has 8 heteroatoms. The van der Waals surface area contributed by atoms with Crippen LogP contribution in [-0.2, 0) is 14.3 Å². The Hall–Kier alpha value is -2.87. The summed E-state index contributed by atoms with van der Waals surface area (Å²) in [5.41, 5.74) is 0.678. The number of aliphatic hydroxyl groups is 1. The zero-order valence-corrected chi connectivity index (χ0v) is 23.5. The van der Waals surface area contributed by atoms with Crippen molar-refractivity contribution in [1.29, 1.82) is 0 Å². The number of amides is 3. The van der Waals surface area contributed by atoms with Crippen molar-refractivity contribution in [2.75, 3.05) is 13.2 Å². The van der Waals surface area contributed by atoms with Crippen LogP contribution < -0.4 is 10.6 Å². The van der Waals surface area contributed by atoms with Crippen LogP contribution in [0.4, 0.5) is 4.79 Å². The lowest BCUT2D eigenvalue weighted by Gasteiger charge is -2.34. The first-order chi connectivity index (χ1) is 17.4. The van der Waals surface area contributed by atoms with Crippen LogP contribution >= 0.6 is 0 Å². The molecule has 2 unspecified atom stereocenters. The highest BCUT2D eigenvalue weighted by molar-refractivity contribution is 5.92. The van der Waals surface area contributed by atoms with E-state index < -0.39 is 36.3 Å². The van der Waals surface area contributed by atoms with Gasteiger partial charge in [0.25, 0.3) is 0 Å². The molecule has 3 amide bonds. The number of aliphatic hydroxyl groups excluding tert-OH is 1. The number of hydrogen-bond acceptors (Lipinski definition) is 5. The first kappa shape index (κ1) is 32.2. The lowest BCUT2D eigenvalue weighted by atomic mass is 9.99. The minimum atomic E-state index is -1.26. The van der Waals surface area contributed by atoms with Gasteiger partial charge in [-0.25, -0.2) is 4.79 Å². The normalized spacial score (nSPS) is 13.0. The zero-order valence-electron chi connectivity index (χ0n) is 23.5. The second-order valence-electron chi connectivity index (χ2n) is 10.6. The van der Waals surface area contributed by atoms with Crippen LogP contribution in [0.5, 0.6) is 0 Å². The summed E-state index contributed by atoms with van der Waals surface area (Å²) in [6.07, 6.45) is 6.90.